The van der Waals surface area contributed by atoms with Crippen LogP contribution in [-0.2, 0) is 9.53 Å². The minimum Gasteiger partial charge on any atom is -0.469 e. The van der Waals surface area contributed by atoms with Crippen LogP contribution >= 0.6 is 0 Å². The van der Waals surface area contributed by atoms with E-state index in [-0.39, 0.29) is 11.8 Å². The molecule has 2 aromatic rings. The van der Waals surface area contributed by atoms with Crippen molar-refractivity contribution in [1.82, 2.24) is 9.78 Å². The molecule has 1 aromatic heterocycles. The van der Waals surface area contributed by atoms with Crippen molar-refractivity contribution in [2.75, 3.05) is 7.11 Å². The van der Waals surface area contributed by atoms with Crippen LogP contribution in [0.15, 0.2) is 24.3 Å². The van der Waals surface area contributed by atoms with E-state index in [1.54, 1.807) is 23.7 Å². The summed E-state index contributed by atoms with van der Waals surface area (Å²) in [7, 11) is 1.36. The lowest BCUT2D eigenvalue weighted by molar-refractivity contribution is -0.142. The highest BCUT2D eigenvalue weighted by atomic mass is 19.1. The number of aromatic nitrogens is 2. The van der Waals surface area contributed by atoms with Gasteiger partial charge in [0.15, 0.2) is 0 Å². The monoisotopic (exact) mass is 276 g/mol. The van der Waals surface area contributed by atoms with Gasteiger partial charge in [-0.2, -0.15) is 5.10 Å². The smallest absolute Gasteiger partial charge is 0.312 e. The van der Waals surface area contributed by atoms with E-state index >= 15 is 0 Å². The Morgan fingerprint density at radius 2 is 2.10 bits per heavy atom. The third-order valence-electron chi connectivity index (χ3n) is 3.39. The molecule has 0 radical (unpaired) electrons. The average molecular weight is 276 g/mol. The molecule has 4 nitrogen and oxygen atoms in total. The molecular weight excluding hydrogens is 259 g/mol. The molecule has 106 valence electrons. The number of esters is 1. The van der Waals surface area contributed by atoms with Crippen LogP contribution in [0.25, 0.3) is 5.69 Å². The topological polar surface area (TPSA) is 44.1 Å². The molecule has 20 heavy (non-hydrogen) atoms. The molecule has 0 amide bonds. The second kappa shape index (κ2) is 5.45. The summed E-state index contributed by atoms with van der Waals surface area (Å²) >= 11 is 0. The summed E-state index contributed by atoms with van der Waals surface area (Å²) in [6, 6.07) is 6.19. The summed E-state index contributed by atoms with van der Waals surface area (Å²) in [5, 5.41) is 4.40. The first-order valence-electron chi connectivity index (χ1n) is 6.35. The molecule has 2 rings (SSSR count). The highest BCUT2D eigenvalue weighted by molar-refractivity contribution is 5.78. The van der Waals surface area contributed by atoms with Gasteiger partial charge in [-0.3, -0.25) is 4.79 Å². The largest absolute Gasteiger partial charge is 0.469 e. The quantitative estimate of drug-likeness (QED) is 0.810. The van der Waals surface area contributed by atoms with Crippen LogP contribution in [0.3, 0.4) is 0 Å². The molecule has 0 aliphatic carbocycles. The first kappa shape index (κ1) is 14.2. The number of carbonyl (C=O) groups is 1. The molecule has 0 N–H and O–H groups in total. The zero-order chi connectivity index (χ0) is 14.9. The fraction of sp³-hybridized carbons (Fsp3) is 0.333. The van der Waals surface area contributed by atoms with Gasteiger partial charge in [0.1, 0.15) is 5.82 Å². The molecular formula is C15H17FN2O2. The van der Waals surface area contributed by atoms with Gasteiger partial charge in [-0.05, 0) is 39.0 Å². The summed E-state index contributed by atoms with van der Waals surface area (Å²) in [6.45, 7) is 5.47. The molecule has 0 spiro atoms. The van der Waals surface area contributed by atoms with Gasteiger partial charge >= 0.3 is 5.97 Å². The first-order chi connectivity index (χ1) is 9.45. The Kier molecular flexibility index (Phi) is 3.88. The SMILES string of the molecule is COC(=O)C(C)c1c(C)nn(-c2cccc(F)c2)c1C. The standard InChI is InChI=1S/C15H17FN2O2/c1-9(15(19)20-4)14-10(2)17-18(11(14)3)13-7-5-6-12(16)8-13/h5-9H,1-4H3. The van der Waals surface area contributed by atoms with Gasteiger partial charge in [0.2, 0.25) is 0 Å². The summed E-state index contributed by atoms with van der Waals surface area (Å²) < 4.78 is 19.7. The number of nitrogens with zero attached hydrogens (tertiary/aromatic N) is 2. The normalized spacial score (nSPS) is 12.2. The maximum atomic E-state index is 13.3. The Balaban J connectivity index is 2.51. The van der Waals surface area contributed by atoms with Crippen molar-refractivity contribution in [3.8, 4) is 5.69 Å². The van der Waals surface area contributed by atoms with Crippen LogP contribution in [-0.4, -0.2) is 22.9 Å². The van der Waals surface area contributed by atoms with E-state index < -0.39 is 5.92 Å². The Bertz CT molecular complexity index is 649. The maximum absolute atomic E-state index is 13.3. The van der Waals surface area contributed by atoms with Crippen LogP contribution in [0.5, 0.6) is 0 Å². The predicted molar refractivity (Wildman–Crippen MR) is 73.4 cm³/mol. The number of hydrogen-bond donors (Lipinski definition) is 0. The third-order valence-corrected chi connectivity index (χ3v) is 3.39. The first-order valence-corrected chi connectivity index (χ1v) is 6.35. The van der Waals surface area contributed by atoms with Gasteiger partial charge < -0.3 is 4.74 Å². The summed E-state index contributed by atoms with van der Waals surface area (Å²) in [5.74, 6) is -1.03. The zero-order valence-corrected chi connectivity index (χ0v) is 12.0. The van der Waals surface area contributed by atoms with Crippen molar-refractivity contribution in [1.29, 1.82) is 0 Å². The van der Waals surface area contributed by atoms with E-state index in [4.69, 9.17) is 4.74 Å². The number of benzene rings is 1. The van der Waals surface area contributed by atoms with Crippen molar-refractivity contribution < 1.29 is 13.9 Å². The van der Waals surface area contributed by atoms with Crippen molar-refractivity contribution in [3.63, 3.8) is 0 Å². The lowest BCUT2D eigenvalue weighted by Gasteiger charge is -2.10. The lowest BCUT2D eigenvalue weighted by atomic mass is 9.99. The number of rotatable bonds is 3. The molecule has 0 aliphatic rings. The highest BCUT2D eigenvalue weighted by Gasteiger charge is 2.24. The highest BCUT2D eigenvalue weighted by Crippen LogP contribution is 2.26. The van der Waals surface area contributed by atoms with Crippen LogP contribution in [0, 0.1) is 19.7 Å². The minimum absolute atomic E-state index is 0.310. The van der Waals surface area contributed by atoms with Gasteiger partial charge in [-0.1, -0.05) is 6.07 Å². The molecule has 1 aromatic carbocycles. The number of ether oxygens (including phenoxy) is 1. The van der Waals surface area contributed by atoms with E-state index in [1.165, 1.54) is 19.2 Å². The van der Waals surface area contributed by atoms with Crippen LogP contribution in [0.2, 0.25) is 0 Å². The second-order valence-corrected chi connectivity index (χ2v) is 4.72. The molecule has 0 saturated heterocycles. The number of methoxy groups -OCH3 is 1. The number of carbonyl (C=O) groups excluding carboxylic acids is 1. The average Bonchev–Trinajstić information content (AvgIpc) is 2.72. The third kappa shape index (κ3) is 2.43. The van der Waals surface area contributed by atoms with Gasteiger partial charge in [-0.15, -0.1) is 0 Å². The molecule has 0 fully saturated rings. The maximum Gasteiger partial charge on any atom is 0.312 e. The summed E-state index contributed by atoms with van der Waals surface area (Å²) in [4.78, 5) is 11.7. The van der Waals surface area contributed by atoms with Gasteiger partial charge in [0, 0.05) is 11.3 Å². The van der Waals surface area contributed by atoms with Crippen molar-refractivity contribution in [3.05, 3.63) is 47.0 Å². The summed E-state index contributed by atoms with van der Waals surface area (Å²) in [6.07, 6.45) is 0. The Hall–Kier alpha value is -2.17. The molecule has 1 unspecified atom stereocenters. The predicted octanol–water partition coefficient (Wildman–Crippen LogP) is 2.90. The molecule has 1 atom stereocenters. The van der Waals surface area contributed by atoms with Crippen molar-refractivity contribution in [2.24, 2.45) is 0 Å². The Morgan fingerprint density at radius 1 is 1.40 bits per heavy atom. The van der Waals surface area contributed by atoms with E-state index in [9.17, 15) is 9.18 Å². The molecule has 5 heteroatoms. The molecule has 0 bridgehead atoms. The van der Waals surface area contributed by atoms with Crippen LogP contribution in [0.4, 0.5) is 4.39 Å². The van der Waals surface area contributed by atoms with Crippen LogP contribution in [0.1, 0.15) is 29.8 Å². The Morgan fingerprint density at radius 3 is 2.70 bits per heavy atom. The molecule has 0 saturated carbocycles. The fourth-order valence-electron chi connectivity index (χ4n) is 2.44. The zero-order valence-electron chi connectivity index (χ0n) is 12.0. The van der Waals surface area contributed by atoms with Gasteiger partial charge in [-0.25, -0.2) is 9.07 Å². The Labute approximate surface area is 117 Å². The molecule has 0 aliphatic heterocycles. The number of aryl methyl sites for hydroxylation is 1. The molecule has 1 heterocycles. The van der Waals surface area contributed by atoms with Gasteiger partial charge in [0.25, 0.3) is 0 Å². The van der Waals surface area contributed by atoms with Crippen molar-refractivity contribution >= 4 is 5.97 Å². The van der Waals surface area contributed by atoms with E-state index in [2.05, 4.69) is 5.10 Å². The van der Waals surface area contributed by atoms with Crippen molar-refractivity contribution in [2.45, 2.75) is 26.7 Å². The summed E-state index contributed by atoms with van der Waals surface area (Å²) in [5.41, 5.74) is 3.01. The fourth-order valence-corrected chi connectivity index (χ4v) is 2.44. The van der Waals surface area contributed by atoms with E-state index in [0.29, 0.717) is 5.69 Å². The number of hydrogen-bond acceptors (Lipinski definition) is 3. The van der Waals surface area contributed by atoms with Crippen LogP contribution < -0.4 is 0 Å². The number of halogens is 1. The van der Waals surface area contributed by atoms with E-state index in [1.807, 2.05) is 13.8 Å². The second-order valence-electron chi connectivity index (χ2n) is 4.72. The minimum atomic E-state index is -0.401. The lowest BCUT2D eigenvalue weighted by Crippen LogP contribution is -2.12. The van der Waals surface area contributed by atoms with E-state index in [0.717, 1.165) is 17.0 Å². The van der Waals surface area contributed by atoms with Gasteiger partial charge in [0.05, 0.1) is 24.4 Å².